The van der Waals surface area contributed by atoms with E-state index in [-0.39, 0.29) is 17.2 Å². The third-order valence-corrected chi connectivity index (χ3v) is 7.52. The third-order valence-electron chi connectivity index (χ3n) is 5.72. The molecule has 0 atom stereocenters. The fourth-order valence-corrected chi connectivity index (χ4v) is 5.61. The van der Waals surface area contributed by atoms with Crippen LogP contribution < -0.4 is 15.2 Å². The molecule has 0 aliphatic carbocycles. The van der Waals surface area contributed by atoms with Crippen molar-refractivity contribution in [3.63, 3.8) is 0 Å². The standard InChI is InChI=1S/C23H25N5O3S2/c1-14(2)6-8-27-21(30)20-16(7-11-32-20)28-22(27)24-25-23(28)33-13-19(29)26-9-10-31-18-5-4-15(3)12-17(18)26/h4-5,7,11-12,14H,6,8-10,13H2,1-3H3. The fourth-order valence-electron chi connectivity index (χ4n) is 3.97. The molecule has 10 heteroatoms. The quantitative estimate of drug-likeness (QED) is 0.386. The van der Waals surface area contributed by atoms with E-state index in [1.54, 1.807) is 9.47 Å². The maximum Gasteiger partial charge on any atom is 0.272 e. The molecule has 172 valence electrons. The molecule has 1 aliphatic heterocycles. The number of hydrogen-bond donors (Lipinski definition) is 0. The van der Waals surface area contributed by atoms with E-state index in [0.717, 1.165) is 28.9 Å². The average Bonchev–Trinajstić information content (AvgIpc) is 3.44. The first-order valence-corrected chi connectivity index (χ1v) is 12.8. The van der Waals surface area contributed by atoms with Gasteiger partial charge in [0.2, 0.25) is 11.7 Å². The molecule has 0 fully saturated rings. The van der Waals surface area contributed by atoms with Gasteiger partial charge < -0.3 is 9.64 Å². The summed E-state index contributed by atoms with van der Waals surface area (Å²) < 4.78 is 10.0. The topological polar surface area (TPSA) is 81.7 Å². The molecule has 8 nitrogen and oxygen atoms in total. The van der Waals surface area contributed by atoms with Crippen LogP contribution in [-0.2, 0) is 11.3 Å². The van der Waals surface area contributed by atoms with Crippen molar-refractivity contribution in [1.29, 1.82) is 0 Å². The highest BCUT2D eigenvalue weighted by Crippen LogP contribution is 2.33. The first kappa shape index (κ1) is 22.0. The van der Waals surface area contributed by atoms with Gasteiger partial charge in [0.1, 0.15) is 17.1 Å². The highest BCUT2D eigenvalue weighted by atomic mass is 32.2. The van der Waals surface area contributed by atoms with Gasteiger partial charge in [-0.05, 0) is 48.4 Å². The molecule has 0 N–H and O–H groups in total. The minimum atomic E-state index is -0.0338. The van der Waals surface area contributed by atoms with E-state index in [9.17, 15) is 9.59 Å². The minimum absolute atomic E-state index is 0.0124. The summed E-state index contributed by atoms with van der Waals surface area (Å²) in [5.41, 5.74) is 2.63. The summed E-state index contributed by atoms with van der Waals surface area (Å²) in [7, 11) is 0. The SMILES string of the molecule is Cc1ccc2c(c1)N(C(=O)CSc1nnc3n(CCC(C)C)c(=O)c4sccc4n13)CCO2. The number of thiophene rings is 1. The number of anilines is 1. The summed E-state index contributed by atoms with van der Waals surface area (Å²) in [4.78, 5) is 28.0. The Hall–Kier alpha value is -2.85. The molecule has 5 rings (SSSR count). The second-order valence-electron chi connectivity index (χ2n) is 8.55. The first-order chi connectivity index (χ1) is 15.9. The molecule has 1 aliphatic rings. The van der Waals surface area contributed by atoms with Crippen LogP contribution in [0.1, 0.15) is 25.8 Å². The van der Waals surface area contributed by atoms with Gasteiger partial charge in [-0.15, -0.1) is 21.5 Å². The molecule has 0 bridgehead atoms. The smallest absolute Gasteiger partial charge is 0.272 e. The van der Waals surface area contributed by atoms with E-state index >= 15 is 0 Å². The normalized spacial score (nSPS) is 13.6. The number of ether oxygens (including phenoxy) is 1. The number of amides is 1. The molecule has 0 saturated heterocycles. The molecular weight excluding hydrogens is 458 g/mol. The number of carbonyl (C=O) groups is 1. The summed E-state index contributed by atoms with van der Waals surface area (Å²) in [5.74, 6) is 1.92. The van der Waals surface area contributed by atoms with Crippen LogP contribution in [-0.4, -0.2) is 44.0 Å². The van der Waals surface area contributed by atoms with Crippen molar-refractivity contribution < 1.29 is 9.53 Å². The summed E-state index contributed by atoms with van der Waals surface area (Å²) in [6.07, 6.45) is 0.871. The van der Waals surface area contributed by atoms with Gasteiger partial charge in [-0.25, -0.2) is 0 Å². The second-order valence-corrected chi connectivity index (χ2v) is 10.4. The van der Waals surface area contributed by atoms with Crippen LogP contribution in [0.4, 0.5) is 5.69 Å². The van der Waals surface area contributed by atoms with Gasteiger partial charge in [0.25, 0.3) is 5.56 Å². The van der Waals surface area contributed by atoms with Crippen molar-refractivity contribution in [2.24, 2.45) is 5.92 Å². The Morgan fingerprint density at radius 1 is 1.27 bits per heavy atom. The van der Waals surface area contributed by atoms with Crippen LogP contribution in [0.2, 0.25) is 0 Å². The Bertz CT molecular complexity index is 1400. The summed E-state index contributed by atoms with van der Waals surface area (Å²) in [6.45, 7) is 7.83. The monoisotopic (exact) mass is 483 g/mol. The second kappa shape index (κ2) is 8.83. The zero-order valence-electron chi connectivity index (χ0n) is 18.8. The van der Waals surface area contributed by atoms with Gasteiger partial charge in [-0.1, -0.05) is 31.7 Å². The van der Waals surface area contributed by atoms with Gasteiger partial charge in [0.15, 0.2) is 5.16 Å². The zero-order valence-corrected chi connectivity index (χ0v) is 20.4. The summed E-state index contributed by atoms with van der Waals surface area (Å²) >= 11 is 2.76. The molecule has 1 amide bonds. The van der Waals surface area contributed by atoms with Crippen molar-refractivity contribution in [3.05, 3.63) is 45.6 Å². The highest BCUT2D eigenvalue weighted by Gasteiger charge is 2.25. The van der Waals surface area contributed by atoms with E-state index in [0.29, 0.717) is 41.2 Å². The number of aryl methyl sites for hydroxylation is 2. The first-order valence-electron chi connectivity index (χ1n) is 11.0. The van der Waals surface area contributed by atoms with Gasteiger partial charge in [-0.2, -0.15) is 0 Å². The fraction of sp³-hybridized carbons (Fsp3) is 0.391. The lowest BCUT2D eigenvalue weighted by Crippen LogP contribution is -2.39. The molecule has 3 aromatic heterocycles. The van der Waals surface area contributed by atoms with E-state index in [2.05, 4.69) is 24.0 Å². The van der Waals surface area contributed by atoms with Gasteiger partial charge in [0.05, 0.1) is 23.5 Å². The van der Waals surface area contributed by atoms with Crippen LogP contribution in [0.3, 0.4) is 0 Å². The number of aromatic nitrogens is 4. The van der Waals surface area contributed by atoms with E-state index in [1.807, 2.05) is 41.0 Å². The van der Waals surface area contributed by atoms with Crippen molar-refractivity contribution in [2.45, 2.75) is 38.9 Å². The lowest BCUT2D eigenvalue weighted by Gasteiger charge is -2.29. The van der Waals surface area contributed by atoms with Gasteiger partial charge >= 0.3 is 0 Å². The minimum Gasteiger partial charge on any atom is -0.490 e. The lowest BCUT2D eigenvalue weighted by atomic mass is 10.1. The molecule has 0 radical (unpaired) electrons. The average molecular weight is 484 g/mol. The van der Waals surface area contributed by atoms with Crippen LogP contribution in [0.25, 0.3) is 16.0 Å². The summed E-state index contributed by atoms with van der Waals surface area (Å²) in [6, 6.07) is 7.78. The van der Waals surface area contributed by atoms with Crippen molar-refractivity contribution in [2.75, 3.05) is 23.8 Å². The number of hydrogen-bond acceptors (Lipinski definition) is 7. The van der Waals surface area contributed by atoms with Gasteiger partial charge in [-0.3, -0.25) is 18.6 Å². The third kappa shape index (κ3) is 4.02. The Balaban J connectivity index is 1.46. The van der Waals surface area contributed by atoms with Crippen LogP contribution in [0.15, 0.2) is 39.6 Å². The molecule has 0 unspecified atom stereocenters. The lowest BCUT2D eigenvalue weighted by molar-refractivity contribution is -0.116. The number of thioether (sulfide) groups is 1. The Kier molecular flexibility index (Phi) is 5.88. The van der Waals surface area contributed by atoms with Crippen LogP contribution >= 0.6 is 23.1 Å². The largest absolute Gasteiger partial charge is 0.490 e. The Morgan fingerprint density at radius 2 is 2.12 bits per heavy atom. The van der Waals surface area contributed by atoms with E-state index in [4.69, 9.17) is 4.74 Å². The predicted molar refractivity (Wildman–Crippen MR) is 132 cm³/mol. The number of benzene rings is 1. The number of rotatable bonds is 6. The van der Waals surface area contributed by atoms with Crippen LogP contribution in [0.5, 0.6) is 5.75 Å². The van der Waals surface area contributed by atoms with Crippen molar-refractivity contribution in [3.8, 4) is 5.75 Å². The molecular formula is C23H25N5O3S2. The van der Waals surface area contributed by atoms with E-state index < -0.39 is 0 Å². The van der Waals surface area contributed by atoms with Crippen molar-refractivity contribution >= 4 is 50.7 Å². The van der Waals surface area contributed by atoms with Crippen LogP contribution in [0, 0.1) is 12.8 Å². The zero-order chi connectivity index (χ0) is 23.1. The Morgan fingerprint density at radius 3 is 2.94 bits per heavy atom. The maximum atomic E-state index is 13.2. The molecule has 4 aromatic rings. The summed E-state index contributed by atoms with van der Waals surface area (Å²) in [5, 5.41) is 11.2. The molecule has 4 heterocycles. The highest BCUT2D eigenvalue weighted by molar-refractivity contribution is 7.99. The van der Waals surface area contributed by atoms with Gasteiger partial charge in [0, 0.05) is 6.54 Å². The predicted octanol–water partition coefficient (Wildman–Crippen LogP) is 3.98. The molecule has 1 aromatic carbocycles. The number of fused-ring (bicyclic) bond motifs is 4. The molecule has 33 heavy (non-hydrogen) atoms. The molecule has 0 saturated carbocycles. The number of carbonyl (C=O) groups excluding carboxylic acids is 1. The van der Waals surface area contributed by atoms with E-state index in [1.165, 1.54) is 23.1 Å². The Labute approximate surface area is 199 Å². The number of nitrogens with zero attached hydrogens (tertiary/aromatic N) is 5. The molecule has 0 spiro atoms. The maximum absolute atomic E-state index is 13.2. The van der Waals surface area contributed by atoms with Crippen molar-refractivity contribution in [1.82, 2.24) is 19.2 Å².